The van der Waals surface area contributed by atoms with Gasteiger partial charge >= 0.3 is 5.69 Å². The average molecular weight is 272 g/mol. The number of para-hydroxylation sites is 1. The van der Waals surface area contributed by atoms with Crippen LogP contribution in [0.15, 0.2) is 47.3 Å². The van der Waals surface area contributed by atoms with E-state index in [1.807, 2.05) is 12.1 Å². The molecule has 1 N–H and O–H groups in total. The van der Waals surface area contributed by atoms with E-state index >= 15 is 0 Å². The maximum atomic E-state index is 12.9. The molecule has 102 valence electrons. The number of aromatic amines is 1. The van der Waals surface area contributed by atoms with Crippen LogP contribution in [-0.2, 0) is 6.54 Å². The van der Waals surface area contributed by atoms with Gasteiger partial charge in [-0.3, -0.25) is 4.57 Å². The number of rotatable bonds is 3. The molecular formula is C15H13FN2O2. The molecule has 0 unspecified atom stereocenters. The Morgan fingerprint density at radius 2 is 1.95 bits per heavy atom. The summed E-state index contributed by atoms with van der Waals surface area (Å²) in [5.41, 5.74) is 2.06. The first-order valence-corrected chi connectivity index (χ1v) is 6.19. The molecule has 3 aromatic rings. The van der Waals surface area contributed by atoms with Crippen molar-refractivity contribution in [2.75, 3.05) is 7.11 Å². The Labute approximate surface area is 114 Å². The van der Waals surface area contributed by atoms with Gasteiger partial charge in [-0.25, -0.2) is 9.18 Å². The first-order chi connectivity index (χ1) is 9.69. The first-order valence-electron chi connectivity index (χ1n) is 6.19. The van der Waals surface area contributed by atoms with Gasteiger partial charge in [-0.2, -0.15) is 0 Å². The smallest absolute Gasteiger partial charge is 0.326 e. The summed E-state index contributed by atoms with van der Waals surface area (Å²) in [6.07, 6.45) is 0. The molecule has 0 radical (unpaired) electrons. The molecule has 0 aliphatic heterocycles. The molecule has 0 amide bonds. The normalized spacial score (nSPS) is 10.9. The standard InChI is InChI=1S/C15H13FN2O2/c1-20-13-4-2-3-12-14(13)18(15(19)17-12)9-10-5-7-11(16)8-6-10/h2-8H,9H2,1H3,(H,17,19). The van der Waals surface area contributed by atoms with Crippen LogP contribution in [0.4, 0.5) is 4.39 Å². The number of fused-ring (bicyclic) bond motifs is 1. The van der Waals surface area contributed by atoms with Gasteiger partial charge in [-0.05, 0) is 29.8 Å². The van der Waals surface area contributed by atoms with Crippen LogP contribution in [0.25, 0.3) is 11.0 Å². The van der Waals surface area contributed by atoms with E-state index in [1.54, 1.807) is 29.9 Å². The molecule has 0 atom stereocenters. The SMILES string of the molecule is COc1cccc2[nH]c(=O)n(Cc3ccc(F)cc3)c12. The van der Waals surface area contributed by atoms with Crippen LogP contribution in [0.3, 0.4) is 0 Å². The number of methoxy groups -OCH3 is 1. The number of hydrogen-bond acceptors (Lipinski definition) is 2. The Bertz CT molecular complexity index is 803. The van der Waals surface area contributed by atoms with Gasteiger partial charge in [0.15, 0.2) is 0 Å². The van der Waals surface area contributed by atoms with Crippen molar-refractivity contribution in [3.8, 4) is 5.75 Å². The van der Waals surface area contributed by atoms with Crippen LogP contribution in [0.5, 0.6) is 5.75 Å². The highest BCUT2D eigenvalue weighted by atomic mass is 19.1. The Kier molecular flexibility index (Phi) is 3.02. The largest absolute Gasteiger partial charge is 0.494 e. The van der Waals surface area contributed by atoms with Crippen LogP contribution >= 0.6 is 0 Å². The van der Waals surface area contributed by atoms with Crippen molar-refractivity contribution in [2.24, 2.45) is 0 Å². The van der Waals surface area contributed by atoms with Crippen molar-refractivity contribution in [3.63, 3.8) is 0 Å². The fourth-order valence-electron chi connectivity index (χ4n) is 2.27. The van der Waals surface area contributed by atoms with Gasteiger partial charge < -0.3 is 9.72 Å². The Morgan fingerprint density at radius 1 is 1.20 bits per heavy atom. The lowest BCUT2D eigenvalue weighted by atomic mass is 10.2. The number of imidazole rings is 1. The summed E-state index contributed by atoms with van der Waals surface area (Å²) in [7, 11) is 1.56. The van der Waals surface area contributed by atoms with Crippen molar-refractivity contribution in [1.29, 1.82) is 0 Å². The summed E-state index contributed by atoms with van der Waals surface area (Å²) in [6.45, 7) is 0.361. The zero-order chi connectivity index (χ0) is 14.1. The number of halogens is 1. The zero-order valence-electron chi connectivity index (χ0n) is 10.9. The summed E-state index contributed by atoms with van der Waals surface area (Å²) in [5.74, 6) is 0.334. The Morgan fingerprint density at radius 3 is 2.65 bits per heavy atom. The highest BCUT2D eigenvalue weighted by Gasteiger charge is 2.11. The number of benzene rings is 2. The number of aromatic nitrogens is 2. The number of ether oxygens (including phenoxy) is 1. The summed E-state index contributed by atoms with van der Waals surface area (Å²) in [5, 5.41) is 0. The van der Waals surface area contributed by atoms with Crippen molar-refractivity contribution >= 4 is 11.0 Å². The quantitative estimate of drug-likeness (QED) is 0.796. The minimum Gasteiger partial charge on any atom is -0.494 e. The minimum atomic E-state index is -0.294. The Hall–Kier alpha value is -2.56. The molecule has 0 fully saturated rings. The van der Waals surface area contributed by atoms with E-state index in [-0.39, 0.29) is 11.5 Å². The molecule has 0 bridgehead atoms. The van der Waals surface area contributed by atoms with Gasteiger partial charge in [0.25, 0.3) is 0 Å². The van der Waals surface area contributed by atoms with Crippen LogP contribution in [0.1, 0.15) is 5.56 Å². The van der Waals surface area contributed by atoms with E-state index in [9.17, 15) is 9.18 Å². The first kappa shape index (κ1) is 12.5. The fraction of sp³-hybridized carbons (Fsp3) is 0.133. The van der Waals surface area contributed by atoms with Crippen molar-refractivity contribution < 1.29 is 9.13 Å². The molecule has 4 nitrogen and oxygen atoms in total. The van der Waals surface area contributed by atoms with Gasteiger partial charge in [0.2, 0.25) is 0 Å². The predicted molar refractivity (Wildman–Crippen MR) is 74.6 cm³/mol. The Balaban J connectivity index is 2.13. The monoisotopic (exact) mass is 272 g/mol. The molecule has 5 heteroatoms. The third-order valence-electron chi connectivity index (χ3n) is 3.23. The van der Waals surface area contributed by atoms with Gasteiger partial charge in [-0.1, -0.05) is 18.2 Å². The average Bonchev–Trinajstić information content (AvgIpc) is 2.77. The second-order valence-corrected chi connectivity index (χ2v) is 4.50. The molecule has 0 saturated heterocycles. The van der Waals surface area contributed by atoms with E-state index in [1.165, 1.54) is 12.1 Å². The van der Waals surface area contributed by atoms with E-state index < -0.39 is 0 Å². The number of nitrogens with one attached hydrogen (secondary N) is 1. The van der Waals surface area contributed by atoms with E-state index in [4.69, 9.17) is 4.74 Å². The van der Waals surface area contributed by atoms with Gasteiger partial charge in [0.05, 0.1) is 19.2 Å². The van der Waals surface area contributed by atoms with E-state index in [0.29, 0.717) is 17.8 Å². The highest BCUT2D eigenvalue weighted by Crippen LogP contribution is 2.23. The van der Waals surface area contributed by atoms with Gasteiger partial charge in [0.1, 0.15) is 17.1 Å². The van der Waals surface area contributed by atoms with Gasteiger partial charge in [0, 0.05) is 0 Å². The molecule has 20 heavy (non-hydrogen) atoms. The molecule has 0 aliphatic carbocycles. The molecule has 1 heterocycles. The van der Waals surface area contributed by atoms with Crippen LogP contribution in [-0.4, -0.2) is 16.7 Å². The topological polar surface area (TPSA) is 47.0 Å². The second-order valence-electron chi connectivity index (χ2n) is 4.50. The van der Waals surface area contributed by atoms with Crippen molar-refractivity contribution in [3.05, 3.63) is 64.3 Å². The summed E-state index contributed by atoms with van der Waals surface area (Å²) in [6, 6.07) is 11.5. The summed E-state index contributed by atoms with van der Waals surface area (Å²) < 4.78 is 19.8. The molecule has 3 rings (SSSR count). The molecule has 0 spiro atoms. The van der Waals surface area contributed by atoms with Crippen LogP contribution < -0.4 is 10.4 Å². The van der Waals surface area contributed by atoms with Gasteiger partial charge in [-0.15, -0.1) is 0 Å². The fourth-order valence-corrected chi connectivity index (χ4v) is 2.27. The summed E-state index contributed by atoms with van der Waals surface area (Å²) in [4.78, 5) is 14.8. The third-order valence-corrected chi connectivity index (χ3v) is 3.23. The zero-order valence-corrected chi connectivity index (χ0v) is 10.9. The van der Waals surface area contributed by atoms with Crippen LogP contribution in [0.2, 0.25) is 0 Å². The number of hydrogen-bond donors (Lipinski definition) is 1. The van der Waals surface area contributed by atoms with Crippen LogP contribution in [0, 0.1) is 5.82 Å². The lowest BCUT2D eigenvalue weighted by molar-refractivity contribution is 0.417. The third kappa shape index (κ3) is 2.07. The second kappa shape index (κ2) is 4.85. The highest BCUT2D eigenvalue weighted by molar-refractivity contribution is 5.82. The molecule has 1 aromatic heterocycles. The lowest BCUT2D eigenvalue weighted by Crippen LogP contribution is -2.17. The maximum Gasteiger partial charge on any atom is 0.326 e. The molecule has 2 aromatic carbocycles. The lowest BCUT2D eigenvalue weighted by Gasteiger charge is -2.07. The van der Waals surface area contributed by atoms with Crippen molar-refractivity contribution in [1.82, 2.24) is 9.55 Å². The minimum absolute atomic E-state index is 0.214. The molecule has 0 saturated carbocycles. The molecular weight excluding hydrogens is 259 g/mol. The number of H-pyrrole nitrogens is 1. The van der Waals surface area contributed by atoms with Crippen molar-refractivity contribution in [2.45, 2.75) is 6.54 Å². The number of nitrogens with zero attached hydrogens (tertiary/aromatic N) is 1. The predicted octanol–water partition coefficient (Wildman–Crippen LogP) is 2.53. The molecule has 0 aliphatic rings. The van der Waals surface area contributed by atoms with E-state index in [2.05, 4.69) is 4.98 Å². The van der Waals surface area contributed by atoms with E-state index in [0.717, 1.165) is 11.1 Å². The maximum absolute atomic E-state index is 12.9. The summed E-state index contributed by atoms with van der Waals surface area (Å²) >= 11 is 0.